The second-order valence-corrected chi connectivity index (χ2v) is 4.29. The lowest BCUT2D eigenvalue weighted by Gasteiger charge is -2.28. The van der Waals surface area contributed by atoms with Crippen molar-refractivity contribution in [2.45, 2.75) is 31.6 Å². The third-order valence-corrected chi connectivity index (χ3v) is 3.07. The van der Waals surface area contributed by atoms with E-state index in [4.69, 9.17) is 23.2 Å². The molecule has 0 spiro atoms. The Morgan fingerprint density at radius 3 is 2.55 bits per heavy atom. The molecule has 0 radical (unpaired) electrons. The van der Waals surface area contributed by atoms with Crippen molar-refractivity contribution >= 4 is 28.4 Å². The Kier molecular flexibility index (Phi) is 3.20. The maximum Gasteiger partial charge on any atom is 0.224 e. The molecule has 11 heavy (non-hydrogen) atoms. The minimum atomic E-state index is -0.193. The van der Waals surface area contributed by atoms with Crippen LogP contribution in [-0.2, 0) is 4.79 Å². The van der Waals surface area contributed by atoms with Gasteiger partial charge in [0.25, 0.3) is 0 Å². The molecule has 0 bridgehead atoms. The van der Waals surface area contributed by atoms with Crippen LogP contribution in [0.25, 0.3) is 0 Å². The summed E-state index contributed by atoms with van der Waals surface area (Å²) in [6.07, 6.45) is 2.71. The molecule has 0 aromatic heterocycles. The minimum absolute atomic E-state index is 0.0478. The van der Waals surface area contributed by atoms with Crippen LogP contribution in [0.15, 0.2) is 0 Å². The standard InChI is InChI=1S/C8H12Cl2O/c1-5-4-6(9)2-3-7(5)8(10)11/h5-7H,2-4H2,1H3/t5-,6+,7+/m0/s1. The first kappa shape index (κ1) is 9.34. The van der Waals surface area contributed by atoms with Crippen molar-refractivity contribution in [1.29, 1.82) is 0 Å². The van der Waals surface area contributed by atoms with Crippen LogP contribution < -0.4 is 0 Å². The van der Waals surface area contributed by atoms with Gasteiger partial charge in [0.2, 0.25) is 5.24 Å². The average molecular weight is 195 g/mol. The van der Waals surface area contributed by atoms with E-state index >= 15 is 0 Å². The SMILES string of the molecule is C[C@H]1C[C@H](Cl)CC[C@H]1C(=O)Cl. The lowest BCUT2D eigenvalue weighted by Crippen LogP contribution is -2.26. The van der Waals surface area contributed by atoms with Crippen molar-refractivity contribution < 1.29 is 4.79 Å². The molecule has 1 aliphatic carbocycles. The zero-order chi connectivity index (χ0) is 8.43. The number of hydrogen-bond acceptors (Lipinski definition) is 1. The maximum absolute atomic E-state index is 10.8. The lowest BCUT2D eigenvalue weighted by atomic mass is 9.81. The summed E-state index contributed by atoms with van der Waals surface area (Å²) in [5, 5.41) is 0.0540. The van der Waals surface area contributed by atoms with Gasteiger partial charge < -0.3 is 0 Å². The zero-order valence-electron chi connectivity index (χ0n) is 6.52. The predicted molar refractivity (Wildman–Crippen MR) is 47.0 cm³/mol. The predicted octanol–water partition coefficient (Wildman–Crippen LogP) is 2.80. The van der Waals surface area contributed by atoms with Gasteiger partial charge in [0.05, 0.1) is 0 Å². The van der Waals surface area contributed by atoms with Gasteiger partial charge >= 0.3 is 0 Å². The Hall–Kier alpha value is 0.250. The molecule has 3 heteroatoms. The summed E-state index contributed by atoms with van der Waals surface area (Å²) in [7, 11) is 0. The molecule has 0 saturated heterocycles. The van der Waals surface area contributed by atoms with Gasteiger partial charge in [-0.2, -0.15) is 0 Å². The van der Waals surface area contributed by atoms with Crippen molar-refractivity contribution in [3.8, 4) is 0 Å². The van der Waals surface area contributed by atoms with Crippen LogP contribution in [0.5, 0.6) is 0 Å². The minimum Gasteiger partial charge on any atom is -0.281 e. The Labute approximate surface area is 77.1 Å². The highest BCUT2D eigenvalue weighted by atomic mass is 35.5. The second kappa shape index (κ2) is 3.77. The van der Waals surface area contributed by atoms with Crippen molar-refractivity contribution in [3.05, 3.63) is 0 Å². The summed E-state index contributed by atoms with van der Waals surface area (Å²) in [5.41, 5.74) is 0. The first-order valence-corrected chi connectivity index (χ1v) is 4.76. The highest BCUT2D eigenvalue weighted by molar-refractivity contribution is 6.64. The monoisotopic (exact) mass is 194 g/mol. The molecule has 1 nitrogen and oxygen atoms in total. The van der Waals surface area contributed by atoms with Gasteiger partial charge in [-0.3, -0.25) is 4.79 Å². The molecule has 1 fully saturated rings. The number of hydrogen-bond donors (Lipinski definition) is 0. The zero-order valence-corrected chi connectivity index (χ0v) is 8.03. The molecule has 0 aromatic carbocycles. The fraction of sp³-hybridized carbons (Fsp3) is 0.875. The molecule has 0 N–H and O–H groups in total. The van der Waals surface area contributed by atoms with Crippen LogP contribution in [0.3, 0.4) is 0 Å². The summed E-state index contributed by atoms with van der Waals surface area (Å²) in [5.74, 6) is 0.405. The molecule has 0 heterocycles. The van der Waals surface area contributed by atoms with Crippen LogP contribution in [0.4, 0.5) is 0 Å². The second-order valence-electron chi connectivity index (χ2n) is 3.30. The normalized spacial score (nSPS) is 38.6. The summed E-state index contributed by atoms with van der Waals surface area (Å²) in [6.45, 7) is 2.04. The van der Waals surface area contributed by atoms with Crippen molar-refractivity contribution in [3.63, 3.8) is 0 Å². The van der Waals surface area contributed by atoms with E-state index in [2.05, 4.69) is 0 Å². The Morgan fingerprint density at radius 1 is 1.45 bits per heavy atom. The number of halogens is 2. The lowest BCUT2D eigenvalue weighted by molar-refractivity contribution is -0.117. The van der Waals surface area contributed by atoms with E-state index in [-0.39, 0.29) is 16.5 Å². The Balaban J connectivity index is 2.50. The van der Waals surface area contributed by atoms with Gasteiger partial charge in [0.15, 0.2) is 0 Å². The highest BCUT2D eigenvalue weighted by Crippen LogP contribution is 2.33. The quantitative estimate of drug-likeness (QED) is 0.464. The van der Waals surface area contributed by atoms with E-state index < -0.39 is 0 Å². The van der Waals surface area contributed by atoms with Gasteiger partial charge in [0.1, 0.15) is 0 Å². The summed E-state index contributed by atoms with van der Waals surface area (Å²) >= 11 is 11.3. The summed E-state index contributed by atoms with van der Waals surface area (Å²) < 4.78 is 0. The smallest absolute Gasteiger partial charge is 0.224 e. The highest BCUT2D eigenvalue weighted by Gasteiger charge is 2.30. The molecule has 64 valence electrons. The van der Waals surface area contributed by atoms with Crippen LogP contribution in [0, 0.1) is 11.8 Å². The largest absolute Gasteiger partial charge is 0.281 e. The van der Waals surface area contributed by atoms with E-state index in [0.29, 0.717) is 5.92 Å². The molecular weight excluding hydrogens is 183 g/mol. The number of carbonyl (C=O) groups is 1. The number of alkyl halides is 1. The third-order valence-electron chi connectivity index (χ3n) is 2.40. The van der Waals surface area contributed by atoms with E-state index in [9.17, 15) is 4.79 Å². The van der Waals surface area contributed by atoms with Gasteiger partial charge in [0, 0.05) is 11.3 Å². The molecule has 1 aliphatic rings. The van der Waals surface area contributed by atoms with Gasteiger partial charge in [-0.05, 0) is 36.8 Å². The van der Waals surface area contributed by atoms with Gasteiger partial charge in [-0.25, -0.2) is 0 Å². The molecule has 0 aromatic rings. The summed E-state index contributed by atoms with van der Waals surface area (Å²) in [6, 6.07) is 0. The van der Waals surface area contributed by atoms with E-state index in [1.165, 1.54) is 0 Å². The van der Waals surface area contributed by atoms with E-state index in [1.54, 1.807) is 0 Å². The first-order chi connectivity index (χ1) is 5.11. The number of carbonyl (C=O) groups excluding carboxylic acids is 1. The topological polar surface area (TPSA) is 17.1 Å². The van der Waals surface area contributed by atoms with E-state index in [0.717, 1.165) is 19.3 Å². The Morgan fingerprint density at radius 2 is 2.09 bits per heavy atom. The van der Waals surface area contributed by atoms with Gasteiger partial charge in [-0.15, -0.1) is 11.6 Å². The fourth-order valence-electron chi connectivity index (χ4n) is 1.67. The molecular formula is C8H12Cl2O. The van der Waals surface area contributed by atoms with Crippen LogP contribution in [0.1, 0.15) is 26.2 Å². The molecule has 1 rings (SSSR count). The third kappa shape index (κ3) is 2.34. The van der Waals surface area contributed by atoms with E-state index in [1.807, 2.05) is 6.92 Å². The van der Waals surface area contributed by atoms with Crippen molar-refractivity contribution in [2.24, 2.45) is 11.8 Å². The Bertz CT molecular complexity index is 158. The average Bonchev–Trinajstić information content (AvgIpc) is 1.85. The molecule has 0 unspecified atom stereocenters. The molecule has 3 atom stereocenters. The number of rotatable bonds is 1. The van der Waals surface area contributed by atoms with Crippen LogP contribution >= 0.6 is 23.2 Å². The van der Waals surface area contributed by atoms with Crippen molar-refractivity contribution in [1.82, 2.24) is 0 Å². The molecule has 1 saturated carbocycles. The summed E-state index contributed by atoms with van der Waals surface area (Å²) in [4.78, 5) is 10.8. The molecule has 0 aliphatic heterocycles. The first-order valence-electron chi connectivity index (χ1n) is 3.94. The van der Waals surface area contributed by atoms with Crippen molar-refractivity contribution in [2.75, 3.05) is 0 Å². The maximum atomic E-state index is 10.8. The van der Waals surface area contributed by atoms with Gasteiger partial charge in [-0.1, -0.05) is 6.92 Å². The van der Waals surface area contributed by atoms with Crippen LogP contribution in [-0.4, -0.2) is 10.6 Å². The molecule has 0 amide bonds. The van der Waals surface area contributed by atoms with Crippen LogP contribution in [0.2, 0.25) is 0 Å². The fourth-order valence-corrected chi connectivity index (χ4v) is 2.40.